The van der Waals surface area contributed by atoms with Gasteiger partial charge in [0.05, 0.1) is 18.1 Å². The molecule has 1 aromatic rings. The van der Waals surface area contributed by atoms with Gasteiger partial charge >= 0.3 is 0 Å². The van der Waals surface area contributed by atoms with Gasteiger partial charge in [-0.1, -0.05) is 41.5 Å². The van der Waals surface area contributed by atoms with Gasteiger partial charge in [0.15, 0.2) is 0 Å². The van der Waals surface area contributed by atoms with Crippen LogP contribution in [0.25, 0.3) is 0 Å². The van der Waals surface area contributed by atoms with Crippen LogP contribution in [0.1, 0.15) is 53.8 Å². The fourth-order valence-corrected chi connectivity index (χ4v) is 4.38. The van der Waals surface area contributed by atoms with Gasteiger partial charge in [0, 0.05) is 18.5 Å². The van der Waals surface area contributed by atoms with Crippen molar-refractivity contribution < 1.29 is 0 Å². The summed E-state index contributed by atoms with van der Waals surface area (Å²) in [5.74, 6) is 3.53. The SMILES string of the molecule is CC(C)(C)c1ncc(N2CC3CC(C2)C3C(C)(C)C)cn1. The Kier molecular flexibility index (Phi) is 3.30. The average molecular weight is 287 g/mol. The molecule has 0 amide bonds. The number of nitrogens with zero attached hydrogens (tertiary/aromatic N) is 3. The van der Waals surface area contributed by atoms with Gasteiger partial charge in [-0.05, 0) is 29.6 Å². The molecule has 3 aliphatic rings. The third kappa shape index (κ3) is 2.67. The molecule has 0 N–H and O–H groups in total. The topological polar surface area (TPSA) is 29.0 Å². The second kappa shape index (κ2) is 4.69. The highest BCUT2D eigenvalue weighted by molar-refractivity contribution is 5.44. The predicted octanol–water partition coefficient (Wildman–Crippen LogP) is 3.89. The highest BCUT2D eigenvalue weighted by atomic mass is 15.2. The maximum absolute atomic E-state index is 4.58. The minimum atomic E-state index is 0.0277. The van der Waals surface area contributed by atoms with Crippen molar-refractivity contribution in [2.45, 2.75) is 53.4 Å². The molecule has 2 bridgehead atoms. The molecule has 3 heteroatoms. The lowest BCUT2D eigenvalue weighted by atomic mass is 9.53. The first kappa shape index (κ1) is 14.8. The van der Waals surface area contributed by atoms with E-state index in [0.717, 1.165) is 23.6 Å². The number of piperidine rings is 2. The van der Waals surface area contributed by atoms with Crippen LogP contribution in [0, 0.1) is 23.2 Å². The van der Waals surface area contributed by atoms with Gasteiger partial charge in [0.2, 0.25) is 0 Å². The van der Waals surface area contributed by atoms with Crippen molar-refractivity contribution >= 4 is 5.69 Å². The third-order valence-electron chi connectivity index (χ3n) is 5.21. The van der Waals surface area contributed by atoms with E-state index in [2.05, 4.69) is 56.4 Å². The van der Waals surface area contributed by atoms with Gasteiger partial charge in [-0.25, -0.2) is 9.97 Å². The lowest BCUT2D eigenvalue weighted by molar-refractivity contribution is -0.0334. The van der Waals surface area contributed by atoms with Gasteiger partial charge in [-0.3, -0.25) is 0 Å². The molecular weight excluding hydrogens is 258 g/mol. The predicted molar refractivity (Wildman–Crippen MR) is 87.5 cm³/mol. The first-order valence-corrected chi connectivity index (χ1v) is 8.24. The van der Waals surface area contributed by atoms with E-state index in [0.29, 0.717) is 5.41 Å². The van der Waals surface area contributed by atoms with E-state index >= 15 is 0 Å². The Morgan fingerprint density at radius 2 is 1.48 bits per heavy atom. The van der Waals surface area contributed by atoms with E-state index in [1.807, 2.05) is 12.4 Å². The van der Waals surface area contributed by atoms with E-state index in [-0.39, 0.29) is 5.41 Å². The zero-order valence-electron chi connectivity index (χ0n) is 14.3. The van der Waals surface area contributed by atoms with Gasteiger partial charge in [-0.2, -0.15) is 0 Å². The molecule has 3 heterocycles. The molecule has 1 aliphatic carbocycles. The van der Waals surface area contributed by atoms with E-state index in [1.54, 1.807) is 0 Å². The van der Waals surface area contributed by atoms with Crippen molar-refractivity contribution in [1.82, 2.24) is 9.97 Å². The van der Waals surface area contributed by atoms with Crippen molar-refractivity contribution in [2.24, 2.45) is 23.2 Å². The third-order valence-corrected chi connectivity index (χ3v) is 5.21. The summed E-state index contributed by atoms with van der Waals surface area (Å²) < 4.78 is 0. The van der Waals surface area contributed by atoms with Crippen LogP contribution < -0.4 is 4.90 Å². The fourth-order valence-electron chi connectivity index (χ4n) is 4.38. The van der Waals surface area contributed by atoms with Crippen molar-refractivity contribution in [3.63, 3.8) is 0 Å². The quantitative estimate of drug-likeness (QED) is 0.784. The van der Waals surface area contributed by atoms with Crippen LogP contribution in [0.5, 0.6) is 0 Å². The molecule has 0 radical (unpaired) electrons. The van der Waals surface area contributed by atoms with E-state index < -0.39 is 0 Å². The Hall–Kier alpha value is -1.12. The fraction of sp³-hybridized carbons (Fsp3) is 0.778. The minimum Gasteiger partial charge on any atom is -0.368 e. The largest absolute Gasteiger partial charge is 0.368 e. The van der Waals surface area contributed by atoms with Crippen LogP contribution in [0.3, 0.4) is 0 Å². The van der Waals surface area contributed by atoms with Crippen molar-refractivity contribution in [2.75, 3.05) is 18.0 Å². The summed E-state index contributed by atoms with van der Waals surface area (Å²) in [5.41, 5.74) is 1.68. The second-order valence-corrected chi connectivity index (χ2v) is 9.07. The highest BCUT2D eigenvalue weighted by Crippen LogP contribution is 2.54. The van der Waals surface area contributed by atoms with Crippen molar-refractivity contribution in [1.29, 1.82) is 0 Å². The summed E-state index contributed by atoms with van der Waals surface area (Å²) >= 11 is 0. The van der Waals surface area contributed by atoms with Crippen molar-refractivity contribution in [3.8, 4) is 0 Å². The Bertz CT molecular complexity index is 495. The summed E-state index contributed by atoms with van der Waals surface area (Å²) in [6.45, 7) is 16.0. The van der Waals surface area contributed by atoms with Crippen LogP contribution in [0.2, 0.25) is 0 Å². The summed E-state index contributed by atoms with van der Waals surface area (Å²) in [7, 11) is 0. The smallest absolute Gasteiger partial charge is 0.133 e. The normalized spacial score (nSPS) is 29.2. The number of anilines is 1. The Labute approximate surface area is 129 Å². The van der Waals surface area contributed by atoms with Crippen molar-refractivity contribution in [3.05, 3.63) is 18.2 Å². The zero-order valence-corrected chi connectivity index (χ0v) is 14.3. The number of aromatic nitrogens is 2. The van der Waals surface area contributed by atoms with Crippen LogP contribution in [-0.4, -0.2) is 23.1 Å². The van der Waals surface area contributed by atoms with Gasteiger partial charge in [-0.15, -0.1) is 0 Å². The molecule has 0 aromatic carbocycles. The minimum absolute atomic E-state index is 0.0277. The summed E-state index contributed by atoms with van der Waals surface area (Å²) in [6, 6.07) is 0. The Balaban J connectivity index is 1.71. The summed E-state index contributed by atoms with van der Waals surface area (Å²) in [6.07, 6.45) is 5.45. The average Bonchev–Trinajstić information content (AvgIpc) is 2.36. The maximum Gasteiger partial charge on any atom is 0.133 e. The maximum atomic E-state index is 4.58. The molecule has 2 saturated heterocycles. The molecule has 2 aliphatic heterocycles. The highest BCUT2D eigenvalue weighted by Gasteiger charge is 2.51. The van der Waals surface area contributed by atoms with Gasteiger partial charge in [0.1, 0.15) is 5.82 Å². The van der Waals surface area contributed by atoms with E-state index in [1.165, 1.54) is 25.2 Å². The molecule has 0 spiro atoms. The Morgan fingerprint density at radius 1 is 0.952 bits per heavy atom. The molecule has 21 heavy (non-hydrogen) atoms. The van der Waals surface area contributed by atoms with E-state index in [9.17, 15) is 0 Å². The van der Waals surface area contributed by atoms with Gasteiger partial charge in [0.25, 0.3) is 0 Å². The second-order valence-electron chi connectivity index (χ2n) is 9.07. The van der Waals surface area contributed by atoms with Crippen LogP contribution in [0.15, 0.2) is 12.4 Å². The van der Waals surface area contributed by atoms with E-state index in [4.69, 9.17) is 0 Å². The standard InChI is InChI=1S/C18H29N3/c1-17(2,3)15-12-7-13(15)11-21(10-12)14-8-19-16(20-9-14)18(4,5)6/h8-9,12-13,15H,7,10-11H2,1-6H3. The molecule has 2 unspecified atom stereocenters. The number of rotatable bonds is 1. The number of hydrogen-bond acceptors (Lipinski definition) is 3. The number of hydrogen-bond donors (Lipinski definition) is 0. The molecule has 116 valence electrons. The molecule has 2 atom stereocenters. The molecule has 1 aromatic heterocycles. The molecule has 1 saturated carbocycles. The van der Waals surface area contributed by atoms with Crippen LogP contribution in [-0.2, 0) is 5.41 Å². The molecular formula is C18H29N3. The first-order chi connectivity index (χ1) is 9.66. The zero-order chi connectivity index (χ0) is 15.4. The molecule has 4 rings (SSSR count). The number of fused-ring (bicyclic) bond motifs is 2. The Morgan fingerprint density at radius 3 is 1.90 bits per heavy atom. The molecule has 3 fully saturated rings. The summed E-state index contributed by atoms with van der Waals surface area (Å²) in [5, 5.41) is 0. The summed E-state index contributed by atoms with van der Waals surface area (Å²) in [4.78, 5) is 11.7. The lowest BCUT2D eigenvalue weighted by Crippen LogP contribution is -2.59. The van der Waals surface area contributed by atoms with Crippen LogP contribution in [0.4, 0.5) is 5.69 Å². The molecule has 3 nitrogen and oxygen atoms in total. The monoisotopic (exact) mass is 287 g/mol. The van der Waals surface area contributed by atoms with Gasteiger partial charge < -0.3 is 4.90 Å². The lowest BCUT2D eigenvalue weighted by Gasteiger charge is -2.59. The first-order valence-electron chi connectivity index (χ1n) is 8.24. The van der Waals surface area contributed by atoms with Crippen LogP contribution >= 0.6 is 0 Å².